The number of rotatable bonds is 7. The Morgan fingerprint density at radius 3 is 1.13 bits per heavy atom. The van der Waals surface area contributed by atoms with Gasteiger partial charge in [-0.3, -0.25) is 33.7 Å². The molecule has 4 amide bonds. The molecule has 22 nitrogen and oxygen atoms in total. The summed E-state index contributed by atoms with van der Waals surface area (Å²) in [5, 5.41) is 57.4. The van der Waals surface area contributed by atoms with Crippen LogP contribution in [0.25, 0.3) is 33.8 Å². The first-order chi connectivity index (χ1) is 60.2. The Bertz CT molecular complexity index is 7260. The first-order valence-electron chi connectivity index (χ1n) is 39.8. The van der Waals surface area contributed by atoms with Gasteiger partial charge in [0.25, 0.3) is 23.6 Å². The lowest BCUT2D eigenvalue weighted by Gasteiger charge is -2.34. The zero-order chi connectivity index (χ0) is 90.0. The highest BCUT2D eigenvalue weighted by Crippen LogP contribution is 2.59. The highest BCUT2D eigenvalue weighted by atomic mass is 19.4. The van der Waals surface area contributed by atoms with Crippen molar-refractivity contribution in [2.45, 2.75) is 105 Å². The van der Waals surface area contributed by atoms with Gasteiger partial charge in [-0.05, 0) is 200 Å². The van der Waals surface area contributed by atoms with Crippen LogP contribution >= 0.6 is 0 Å². The number of nitriles is 6. The number of carbonyl (C=O) groups is 6. The number of fused-ring (bicyclic) bond motifs is 12. The first kappa shape index (κ1) is 83.1. The minimum Gasteiger partial charge on any atom is -0.398 e. The number of aromatic nitrogens is 6. The minimum atomic E-state index is -4.95. The molecule has 612 valence electrons. The van der Waals surface area contributed by atoms with Crippen LogP contribution in [0.4, 0.5) is 30.2 Å². The molecule has 3 aromatic heterocycles. The summed E-state index contributed by atoms with van der Waals surface area (Å²) in [6, 6.07) is 65.2. The van der Waals surface area contributed by atoms with Crippen LogP contribution in [-0.4, -0.2) is 83.2 Å². The van der Waals surface area contributed by atoms with E-state index in [1.54, 1.807) is 44.2 Å². The van der Waals surface area contributed by atoms with Crippen LogP contribution in [0.5, 0.6) is 0 Å². The molecule has 10 aromatic carbocycles. The fourth-order valence-electron chi connectivity index (χ4n) is 18.3. The SMILES string of the molecule is Cc1cc(C2(c3cc(C)c(N)c(C)c3)c3ccccc3-c3nc(C#N)c(C#N)nc32)cc(C)c1N.Cc1cc(C2(c3cc(C)c(N4C(=O)c5ccc(C(C)(c6ccc7c(c6)C(=O)N(C)C7=O)C(F)(F)F)cc5C4=O)c(C)c3)c3ccccc3-c3nc(C#N)c(C#N)nc32)cc(C)c1C.N#Cc1nc2c(nc1C#N)-c1ccccc1C2=O.O=C1CCc2ccccc21. The maximum atomic E-state index is 15.3. The molecule has 2 atom stereocenters. The first-order valence-corrected chi connectivity index (χ1v) is 39.8. The van der Waals surface area contributed by atoms with E-state index in [2.05, 4.69) is 63.5 Å². The van der Waals surface area contributed by atoms with Gasteiger partial charge < -0.3 is 11.5 Å². The third-order valence-corrected chi connectivity index (χ3v) is 25.0. The topological polar surface area (TPSA) is 381 Å². The number of benzene rings is 10. The van der Waals surface area contributed by atoms with Crippen LogP contribution in [-0.2, 0) is 22.7 Å². The molecular formula is C101H71F3N16O6. The third kappa shape index (κ3) is 12.5. The summed E-state index contributed by atoms with van der Waals surface area (Å²) in [6.07, 6.45) is -3.30. The van der Waals surface area contributed by atoms with Gasteiger partial charge in [0, 0.05) is 52.7 Å². The molecule has 19 rings (SSSR count). The molecule has 4 aliphatic carbocycles. The fraction of sp³-hybridized carbons (Fsp3) is 0.168. The van der Waals surface area contributed by atoms with Crippen molar-refractivity contribution >= 4 is 52.3 Å². The number of hydrogen-bond acceptors (Lipinski definition) is 20. The molecule has 5 heterocycles. The Morgan fingerprint density at radius 1 is 0.365 bits per heavy atom. The van der Waals surface area contributed by atoms with Gasteiger partial charge in [-0.2, -0.15) is 44.7 Å². The Kier molecular flexibility index (Phi) is 20.3. The number of Topliss-reactive ketones (excluding diaryl/α,β-unsaturated/α-hetero) is 1. The van der Waals surface area contributed by atoms with Crippen molar-refractivity contribution in [3.63, 3.8) is 0 Å². The second kappa shape index (κ2) is 30.8. The summed E-state index contributed by atoms with van der Waals surface area (Å²) in [6.45, 7) is 18.4. The smallest absolute Gasteiger partial charge is 0.398 e. The number of imide groups is 2. The standard InChI is InChI=1S/C50H35F3N6O4.C29H24N6.C13H4N4O.C9H8O/c1-24-16-31(17-25(2)28(24)5)49(38-11-9-8-10-35(38)41-43(49)57-40(23-55)39(22-54)56-41)32-18-26(3)42(27(4)19-32)59-46(62)34-15-13-30(21-37(34)47(59)63)48(6,50(51,52)53)29-12-14-33-36(20-29)45(61)58(7)44(33)60;1-15-9-19(10-16(2)25(15)32)29(20-11-17(3)26(33)18(4)12-20)22-8-6-5-7-21(22)27-28(29)35-24(14-31)23(13-30)34-27;14-5-9-10(6-15)17-12-11(16-9)7-3-1-2-4-8(7)13(12)18;10-9-6-5-7-3-1-2-4-8(7)9/h8-21H,1-7H3;5-12H,32-33H2,1-4H3;1-4H;1-4H,5-6H2. The molecule has 6 aliphatic rings. The predicted octanol–water partition coefficient (Wildman–Crippen LogP) is 17.2. The van der Waals surface area contributed by atoms with Gasteiger partial charge in [-0.25, -0.2) is 34.8 Å². The molecule has 0 radical (unpaired) electrons. The van der Waals surface area contributed by atoms with Gasteiger partial charge in [0.1, 0.15) is 53.2 Å². The molecule has 2 unspecified atom stereocenters. The zero-order valence-corrected chi connectivity index (χ0v) is 69.7. The van der Waals surface area contributed by atoms with E-state index in [0.29, 0.717) is 74.1 Å². The van der Waals surface area contributed by atoms with Crippen molar-refractivity contribution in [1.82, 2.24) is 34.8 Å². The largest absolute Gasteiger partial charge is 0.402 e. The Morgan fingerprint density at radius 2 is 0.706 bits per heavy atom. The van der Waals surface area contributed by atoms with Gasteiger partial charge in [0.15, 0.2) is 39.9 Å². The molecule has 0 saturated heterocycles. The highest BCUT2D eigenvalue weighted by molar-refractivity contribution is 6.35. The van der Waals surface area contributed by atoms with Crippen molar-refractivity contribution < 1.29 is 41.9 Å². The number of aryl methyl sites for hydroxylation is 9. The predicted molar refractivity (Wildman–Crippen MR) is 461 cm³/mol. The molecule has 0 bridgehead atoms. The summed E-state index contributed by atoms with van der Waals surface area (Å²) in [5.41, 5.74) is 28.7. The summed E-state index contributed by atoms with van der Waals surface area (Å²) in [5.74, 6) is -2.85. The van der Waals surface area contributed by atoms with E-state index in [1.165, 1.54) is 24.7 Å². The van der Waals surface area contributed by atoms with Crippen LogP contribution in [0.1, 0.15) is 227 Å². The maximum Gasteiger partial charge on any atom is 0.402 e. The monoisotopic (exact) mass is 1660 g/mol. The normalized spacial score (nSPS) is 15.1. The summed E-state index contributed by atoms with van der Waals surface area (Å²) in [4.78, 5) is 106. The molecule has 0 saturated carbocycles. The van der Waals surface area contributed by atoms with E-state index in [1.807, 2.05) is 152 Å². The fourth-order valence-corrected chi connectivity index (χ4v) is 18.3. The lowest BCUT2D eigenvalue weighted by atomic mass is 9.68. The second-order valence-electron chi connectivity index (χ2n) is 32.1. The van der Waals surface area contributed by atoms with Crippen LogP contribution in [0.3, 0.4) is 0 Å². The van der Waals surface area contributed by atoms with Crippen molar-refractivity contribution in [3.05, 3.63) is 367 Å². The number of nitrogens with two attached hydrogens (primary N) is 2. The molecule has 4 N–H and O–H groups in total. The number of amides is 4. The molecule has 2 aliphatic heterocycles. The number of ketones is 2. The van der Waals surface area contributed by atoms with E-state index in [0.717, 1.165) is 137 Å². The number of hydrogen-bond donors (Lipinski definition) is 2. The molecule has 13 aromatic rings. The Hall–Kier alpha value is -16.6. The third-order valence-electron chi connectivity index (χ3n) is 25.0. The average Bonchev–Trinajstić information content (AvgIpc) is 1.53. The second-order valence-corrected chi connectivity index (χ2v) is 32.1. The van der Waals surface area contributed by atoms with E-state index in [4.69, 9.17) is 36.9 Å². The quantitative estimate of drug-likeness (QED) is 0.110. The number of anilines is 3. The van der Waals surface area contributed by atoms with Crippen LogP contribution in [0, 0.1) is 130 Å². The Labute approximate surface area is 721 Å². The lowest BCUT2D eigenvalue weighted by Crippen LogP contribution is -2.41. The minimum absolute atomic E-state index is 0.0104. The van der Waals surface area contributed by atoms with Crippen LogP contribution < -0.4 is 16.4 Å². The van der Waals surface area contributed by atoms with Crippen LogP contribution in [0.2, 0.25) is 0 Å². The van der Waals surface area contributed by atoms with Gasteiger partial charge in [0.2, 0.25) is 5.78 Å². The van der Waals surface area contributed by atoms with Gasteiger partial charge in [-0.15, -0.1) is 0 Å². The van der Waals surface area contributed by atoms with Crippen molar-refractivity contribution in [2.24, 2.45) is 0 Å². The number of carbonyl (C=O) groups excluding carboxylic acids is 6. The average molecular weight is 1660 g/mol. The zero-order valence-electron chi connectivity index (χ0n) is 69.7. The maximum absolute atomic E-state index is 15.3. The highest BCUT2D eigenvalue weighted by Gasteiger charge is 2.56. The molecule has 126 heavy (non-hydrogen) atoms. The van der Waals surface area contributed by atoms with Crippen molar-refractivity contribution in [2.75, 3.05) is 23.4 Å². The summed E-state index contributed by atoms with van der Waals surface area (Å²) >= 11 is 0. The van der Waals surface area contributed by atoms with Crippen molar-refractivity contribution in [3.8, 4) is 70.2 Å². The van der Waals surface area contributed by atoms with E-state index in [-0.39, 0.29) is 84.7 Å². The van der Waals surface area contributed by atoms with E-state index in [9.17, 15) is 49.8 Å². The number of halogens is 3. The van der Waals surface area contributed by atoms with Crippen LogP contribution in [0.15, 0.2) is 182 Å². The van der Waals surface area contributed by atoms with E-state index < -0.39 is 46.0 Å². The van der Waals surface area contributed by atoms with Gasteiger partial charge in [-0.1, -0.05) is 158 Å². The molecule has 25 heteroatoms. The molecule has 0 spiro atoms. The lowest BCUT2D eigenvalue weighted by molar-refractivity contribution is -0.173. The van der Waals surface area contributed by atoms with Gasteiger partial charge in [0.05, 0.1) is 61.5 Å². The number of alkyl halides is 3. The van der Waals surface area contributed by atoms with Gasteiger partial charge >= 0.3 is 6.18 Å². The molecular weight excluding hydrogens is 1590 g/mol. The number of nitrogen functional groups attached to an aromatic ring is 2. The van der Waals surface area contributed by atoms with Crippen molar-refractivity contribution in [1.29, 1.82) is 31.6 Å². The molecule has 0 fully saturated rings. The Balaban J connectivity index is 0.000000152. The summed E-state index contributed by atoms with van der Waals surface area (Å²) in [7, 11) is 1.25. The van der Waals surface area contributed by atoms with E-state index >= 15 is 13.2 Å². The summed E-state index contributed by atoms with van der Waals surface area (Å²) < 4.78 is 46.0. The number of nitrogens with zero attached hydrogens (tertiary/aromatic N) is 14.